The fraction of sp³-hybridized carbons (Fsp3) is 0.381. The summed E-state index contributed by atoms with van der Waals surface area (Å²) in [5.41, 5.74) is 3.65. The highest BCUT2D eigenvalue weighted by Crippen LogP contribution is 2.37. The third kappa shape index (κ3) is 3.20. The molecule has 1 aliphatic heterocycles. The molecule has 0 atom stereocenters. The molecule has 140 valence electrons. The summed E-state index contributed by atoms with van der Waals surface area (Å²) >= 11 is 1.68. The number of pyridine rings is 1. The summed E-state index contributed by atoms with van der Waals surface area (Å²) in [5, 5.41) is 1.08. The molecule has 3 aromatic rings. The number of aryl methyl sites for hydroxylation is 2. The van der Waals surface area contributed by atoms with Crippen molar-refractivity contribution in [2.75, 3.05) is 0 Å². The van der Waals surface area contributed by atoms with Gasteiger partial charge in [-0.25, -0.2) is 4.98 Å². The molecule has 1 aliphatic rings. The molecule has 27 heavy (non-hydrogen) atoms. The lowest BCUT2D eigenvalue weighted by Gasteiger charge is -2.32. The van der Waals surface area contributed by atoms with Crippen LogP contribution in [0.25, 0.3) is 11.0 Å². The molecule has 0 unspecified atom stereocenters. The maximum Gasteiger partial charge on any atom is 0.495 e. The van der Waals surface area contributed by atoms with Gasteiger partial charge in [0.2, 0.25) is 0 Å². The smallest absolute Gasteiger partial charge is 0.399 e. The van der Waals surface area contributed by atoms with Crippen molar-refractivity contribution >= 4 is 35.6 Å². The van der Waals surface area contributed by atoms with Gasteiger partial charge in [0.25, 0.3) is 0 Å². The first-order chi connectivity index (χ1) is 12.7. The highest BCUT2D eigenvalue weighted by atomic mass is 32.2. The summed E-state index contributed by atoms with van der Waals surface area (Å²) in [7, 11) is -0.389. The molecule has 6 heteroatoms. The Kier molecular flexibility index (Phi) is 4.41. The van der Waals surface area contributed by atoms with Crippen molar-refractivity contribution in [2.24, 2.45) is 0 Å². The Balaban J connectivity index is 1.74. The van der Waals surface area contributed by atoms with Crippen molar-refractivity contribution in [2.45, 2.75) is 57.6 Å². The van der Waals surface area contributed by atoms with E-state index in [9.17, 15) is 0 Å². The average Bonchev–Trinajstić information content (AvgIpc) is 3.02. The van der Waals surface area contributed by atoms with E-state index in [1.165, 1.54) is 10.5 Å². The van der Waals surface area contributed by atoms with Crippen LogP contribution < -0.4 is 5.46 Å². The highest BCUT2D eigenvalue weighted by Gasteiger charge is 2.52. The molecule has 4 rings (SSSR count). The molecular weight excluding hydrogens is 355 g/mol. The van der Waals surface area contributed by atoms with Gasteiger partial charge in [0.1, 0.15) is 5.65 Å². The second-order valence-electron chi connectivity index (χ2n) is 8.21. The Morgan fingerprint density at radius 1 is 0.963 bits per heavy atom. The molecule has 1 fully saturated rings. The van der Waals surface area contributed by atoms with Crippen molar-refractivity contribution in [3.63, 3.8) is 0 Å². The topological polar surface area (TPSA) is 36.3 Å². The molecule has 3 heterocycles. The van der Waals surface area contributed by atoms with Crippen LogP contribution in [-0.2, 0) is 9.31 Å². The van der Waals surface area contributed by atoms with E-state index in [1.807, 2.05) is 12.3 Å². The first-order valence-electron chi connectivity index (χ1n) is 9.25. The molecular formula is C21H25BN2O2S. The predicted molar refractivity (Wildman–Crippen MR) is 113 cm³/mol. The van der Waals surface area contributed by atoms with Crippen LogP contribution in [0.15, 0.2) is 47.5 Å². The molecule has 0 aliphatic carbocycles. The van der Waals surface area contributed by atoms with Crippen LogP contribution in [0.2, 0.25) is 0 Å². The van der Waals surface area contributed by atoms with Gasteiger partial charge in [0.05, 0.1) is 11.2 Å². The Labute approximate surface area is 165 Å². The van der Waals surface area contributed by atoms with Gasteiger partial charge in [-0.2, -0.15) is 0 Å². The van der Waals surface area contributed by atoms with Crippen LogP contribution >= 0.6 is 11.9 Å². The van der Waals surface area contributed by atoms with Crippen molar-refractivity contribution in [3.05, 3.63) is 53.9 Å². The Bertz CT molecular complexity index is 979. The van der Waals surface area contributed by atoms with Gasteiger partial charge in [-0.15, -0.1) is 0 Å². The molecule has 4 nitrogen and oxygen atoms in total. The largest absolute Gasteiger partial charge is 0.495 e. The molecule has 0 spiro atoms. The number of benzene rings is 1. The Morgan fingerprint density at radius 2 is 1.59 bits per heavy atom. The summed E-state index contributed by atoms with van der Waals surface area (Å²) < 4.78 is 14.7. The predicted octanol–water partition coefficient (Wildman–Crippen LogP) is 4.51. The number of nitrogens with zero attached hydrogens (tertiary/aromatic N) is 2. The maximum atomic E-state index is 6.27. The quantitative estimate of drug-likeness (QED) is 0.627. The monoisotopic (exact) mass is 380 g/mol. The Hall–Kier alpha value is -1.76. The number of aromatic nitrogens is 2. The van der Waals surface area contributed by atoms with E-state index >= 15 is 0 Å². The molecule has 2 aromatic heterocycles. The van der Waals surface area contributed by atoms with Gasteiger partial charge in [-0.1, -0.05) is 17.7 Å². The van der Waals surface area contributed by atoms with Gasteiger partial charge < -0.3 is 9.31 Å². The first-order valence-corrected chi connectivity index (χ1v) is 10.0. The van der Waals surface area contributed by atoms with Crippen LogP contribution in [0.5, 0.6) is 0 Å². The van der Waals surface area contributed by atoms with Crippen LogP contribution in [0.1, 0.15) is 39.0 Å². The van der Waals surface area contributed by atoms with E-state index in [0.717, 1.165) is 22.2 Å². The summed E-state index contributed by atoms with van der Waals surface area (Å²) in [6.45, 7) is 12.5. The van der Waals surface area contributed by atoms with Gasteiger partial charge in [-0.3, -0.25) is 3.97 Å². The summed E-state index contributed by atoms with van der Waals surface area (Å²) in [5.74, 6) is 0. The van der Waals surface area contributed by atoms with Crippen molar-refractivity contribution in [3.8, 4) is 0 Å². The molecule has 1 aromatic carbocycles. The van der Waals surface area contributed by atoms with Crippen LogP contribution in [0.3, 0.4) is 0 Å². The minimum absolute atomic E-state index is 0.360. The number of hydrogen-bond donors (Lipinski definition) is 0. The van der Waals surface area contributed by atoms with Crippen LogP contribution in [-0.4, -0.2) is 27.3 Å². The minimum atomic E-state index is -0.389. The Morgan fingerprint density at radius 3 is 2.22 bits per heavy atom. The SMILES string of the molecule is Cc1ccc(Sn2c(C)cc3c(B4OC(C)(C)C(C)(C)O4)ccnc32)cc1. The fourth-order valence-corrected chi connectivity index (χ4v) is 4.11. The third-order valence-corrected chi connectivity index (χ3v) is 6.72. The van der Waals surface area contributed by atoms with Gasteiger partial charge in [0.15, 0.2) is 0 Å². The highest BCUT2D eigenvalue weighted by molar-refractivity contribution is 7.98. The molecule has 0 saturated carbocycles. The van der Waals surface area contributed by atoms with E-state index < -0.39 is 0 Å². The fourth-order valence-electron chi connectivity index (χ4n) is 3.22. The molecule has 0 radical (unpaired) electrons. The second-order valence-corrected chi connectivity index (χ2v) is 9.23. The summed E-state index contributed by atoms with van der Waals surface area (Å²) in [6, 6.07) is 12.7. The summed E-state index contributed by atoms with van der Waals surface area (Å²) in [6.07, 6.45) is 1.84. The zero-order valence-electron chi connectivity index (χ0n) is 16.7. The van der Waals surface area contributed by atoms with Crippen molar-refractivity contribution in [1.82, 2.24) is 8.96 Å². The second kappa shape index (κ2) is 6.40. The normalized spacial score (nSPS) is 18.4. The van der Waals surface area contributed by atoms with Crippen molar-refractivity contribution < 1.29 is 9.31 Å². The standard InChI is InChI=1S/C21H25BN2O2S/c1-14-7-9-16(10-8-14)27-24-15(2)13-17-18(11-12-23-19(17)24)22-25-20(3,4)21(5,6)26-22/h7-13H,1-6H3. The number of hydrogen-bond acceptors (Lipinski definition) is 4. The lowest BCUT2D eigenvalue weighted by atomic mass is 9.78. The van der Waals surface area contributed by atoms with Gasteiger partial charge in [-0.05, 0) is 83.2 Å². The lowest BCUT2D eigenvalue weighted by Crippen LogP contribution is -2.41. The van der Waals surface area contributed by atoms with Crippen LogP contribution in [0, 0.1) is 13.8 Å². The number of fused-ring (bicyclic) bond motifs is 1. The molecule has 0 bridgehead atoms. The lowest BCUT2D eigenvalue weighted by molar-refractivity contribution is 0.00578. The average molecular weight is 380 g/mol. The van der Waals surface area contributed by atoms with Crippen LogP contribution in [0.4, 0.5) is 0 Å². The van der Waals surface area contributed by atoms with E-state index in [2.05, 4.69) is 80.8 Å². The maximum absolute atomic E-state index is 6.27. The zero-order valence-corrected chi connectivity index (χ0v) is 17.6. The van der Waals surface area contributed by atoms with E-state index in [1.54, 1.807) is 11.9 Å². The first kappa shape index (κ1) is 18.6. The minimum Gasteiger partial charge on any atom is -0.399 e. The van der Waals surface area contributed by atoms with E-state index in [4.69, 9.17) is 9.31 Å². The summed E-state index contributed by atoms with van der Waals surface area (Å²) in [4.78, 5) is 5.84. The van der Waals surface area contributed by atoms with Crippen molar-refractivity contribution in [1.29, 1.82) is 0 Å². The molecule has 0 amide bonds. The van der Waals surface area contributed by atoms with E-state index in [0.29, 0.717) is 0 Å². The molecule has 0 N–H and O–H groups in total. The zero-order chi connectivity index (χ0) is 19.4. The molecule has 1 saturated heterocycles. The number of rotatable bonds is 3. The van der Waals surface area contributed by atoms with Gasteiger partial charge in [0, 0.05) is 22.2 Å². The van der Waals surface area contributed by atoms with E-state index in [-0.39, 0.29) is 18.3 Å². The van der Waals surface area contributed by atoms with Gasteiger partial charge >= 0.3 is 7.12 Å². The third-order valence-electron chi connectivity index (χ3n) is 5.59.